The molecule has 1 heterocycles. The van der Waals surface area contributed by atoms with Crippen molar-refractivity contribution in [1.29, 1.82) is 0 Å². The van der Waals surface area contributed by atoms with Crippen LogP contribution in [0.3, 0.4) is 0 Å². The molecule has 0 aliphatic heterocycles. The zero-order chi connectivity index (χ0) is 13.1. The highest BCUT2D eigenvalue weighted by Gasteiger charge is 2.11. The Morgan fingerprint density at radius 2 is 2.11 bits per heavy atom. The van der Waals surface area contributed by atoms with E-state index in [0.717, 1.165) is 10.2 Å². The minimum absolute atomic E-state index is 0.276. The Bertz CT molecular complexity index is 577. The molecule has 0 radical (unpaired) electrons. The van der Waals surface area contributed by atoms with E-state index < -0.39 is 0 Å². The van der Waals surface area contributed by atoms with Crippen molar-refractivity contribution < 1.29 is 4.74 Å². The van der Waals surface area contributed by atoms with Crippen LogP contribution in [0.1, 0.15) is 5.56 Å². The first-order valence-corrected chi connectivity index (χ1v) is 6.36. The van der Waals surface area contributed by atoms with Crippen LogP contribution in [-0.2, 0) is 0 Å². The summed E-state index contributed by atoms with van der Waals surface area (Å²) in [5.41, 5.74) is 2.05. The number of anilines is 2. The van der Waals surface area contributed by atoms with E-state index in [4.69, 9.17) is 16.3 Å². The lowest BCUT2D eigenvalue weighted by molar-refractivity contribution is 0.413. The Kier molecular flexibility index (Phi) is 4.04. The molecule has 0 bridgehead atoms. The molecule has 0 aliphatic rings. The van der Waals surface area contributed by atoms with Gasteiger partial charge in [-0.3, -0.25) is 0 Å². The SMILES string of the molecule is COc1c(Cl)ncnc1Nc1ccc(C)cc1Br. The minimum Gasteiger partial charge on any atom is -0.490 e. The van der Waals surface area contributed by atoms with Gasteiger partial charge in [0.05, 0.1) is 12.8 Å². The van der Waals surface area contributed by atoms with Crippen molar-refractivity contribution in [2.45, 2.75) is 6.92 Å². The van der Waals surface area contributed by atoms with Crippen LogP contribution >= 0.6 is 27.5 Å². The number of benzene rings is 1. The van der Waals surface area contributed by atoms with Crippen LogP contribution in [0.5, 0.6) is 5.75 Å². The molecule has 2 aromatic rings. The topological polar surface area (TPSA) is 47.0 Å². The average Bonchev–Trinajstić information content (AvgIpc) is 2.33. The van der Waals surface area contributed by atoms with Crippen LogP contribution < -0.4 is 10.1 Å². The highest BCUT2D eigenvalue weighted by molar-refractivity contribution is 9.10. The largest absolute Gasteiger partial charge is 0.490 e. The Balaban J connectivity index is 2.37. The fraction of sp³-hybridized carbons (Fsp3) is 0.167. The fourth-order valence-electron chi connectivity index (χ4n) is 1.47. The van der Waals surface area contributed by atoms with Gasteiger partial charge in [0.25, 0.3) is 0 Å². The van der Waals surface area contributed by atoms with Crippen LogP contribution in [0.4, 0.5) is 11.5 Å². The molecule has 18 heavy (non-hydrogen) atoms. The zero-order valence-corrected chi connectivity index (χ0v) is 12.2. The van der Waals surface area contributed by atoms with Crippen LogP contribution in [-0.4, -0.2) is 17.1 Å². The molecule has 0 unspecified atom stereocenters. The third-order valence-electron chi connectivity index (χ3n) is 2.34. The monoisotopic (exact) mass is 327 g/mol. The van der Waals surface area contributed by atoms with Gasteiger partial charge in [0, 0.05) is 4.47 Å². The Labute approximate surface area is 118 Å². The number of hydrogen-bond acceptors (Lipinski definition) is 4. The van der Waals surface area contributed by atoms with Gasteiger partial charge in [-0.15, -0.1) is 0 Å². The molecule has 0 aliphatic carbocycles. The zero-order valence-electron chi connectivity index (χ0n) is 9.87. The first kappa shape index (κ1) is 13.1. The van der Waals surface area contributed by atoms with Crippen LogP contribution in [0.25, 0.3) is 0 Å². The number of aryl methyl sites for hydroxylation is 1. The van der Waals surface area contributed by atoms with Gasteiger partial charge in [-0.2, -0.15) is 0 Å². The molecule has 0 fully saturated rings. The summed E-state index contributed by atoms with van der Waals surface area (Å²) in [6.07, 6.45) is 1.38. The van der Waals surface area contributed by atoms with Crippen molar-refractivity contribution in [3.05, 3.63) is 39.7 Å². The molecule has 0 amide bonds. The molecule has 4 nitrogen and oxygen atoms in total. The molecule has 1 aromatic carbocycles. The number of rotatable bonds is 3. The second-order valence-electron chi connectivity index (χ2n) is 3.65. The lowest BCUT2D eigenvalue weighted by Gasteiger charge is -2.12. The van der Waals surface area contributed by atoms with Crippen LogP contribution in [0, 0.1) is 6.92 Å². The van der Waals surface area contributed by atoms with E-state index in [-0.39, 0.29) is 5.15 Å². The number of nitrogens with one attached hydrogen (secondary N) is 1. The van der Waals surface area contributed by atoms with Crippen molar-refractivity contribution in [2.75, 3.05) is 12.4 Å². The summed E-state index contributed by atoms with van der Waals surface area (Å²) in [5.74, 6) is 0.952. The smallest absolute Gasteiger partial charge is 0.199 e. The van der Waals surface area contributed by atoms with Gasteiger partial charge in [0.2, 0.25) is 0 Å². The number of aromatic nitrogens is 2. The Morgan fingerprint density at radius 3 is 2.78 bits per heavy atom. The molecule has 0 atom stereocenters. The van der Waals surface area contributed by atoms with E-state index in [1.807, 2.05) is 25.1 Å². The maximum Gasteiger partial charge on any atom is 0.199 e. The second kappa shape index (κ2) is 5.54. The summed E-state index contributed by atoms with van der Waals surface area (Å²) in [4.78, 5) is 7.98. The number of methoxy groups -OCH3 is 1. The average molecular weight is 329 g/mol. The Hall–Kier alpha value is -1.33. The van der Waals surface area contributed by atoms with Gasteiger partial charge in [0.1, 0.15) is 6.33 Å². The predicted molar refractivity (Wildman–Crippen MR) is 75.8 cm³/mol. The highest BCUT2D eigenvalue weighted by Crippen LogP contribution is 2.33. The van der Waals surface area contributed by atoms with E-state index in [2.05, 4.69) is 31.2 Å². The van der Waals surface area contributed by atoms with Gasteiger partial charge in [-0.05, 0) is 40.5 Å². The van der Waals surface area contributed by atoms with Crippen molar-refractivity contribution in [3.63, 3.8) is 0 Å². The number of hydrogen-bond donors (Lipinski definition) is 1. The third-order valence-corrected chi connectivity index (χ3v) is 3.27. The lowest BCUT2D eigenvalue weighted by atomic mass is 10.2. The maximum absolute atomic E-state index is 5.93. The molecule has 1 aromatic heterocycles. The highest BCUT2D eigenvalue weighted by atomic mass is 79.9. The molecule has 1 N–H and O–H groups in total. The van der Waals surface area contributed by atoms with Crippen LogP contribution in [0.2, 0.25) is 5.15 Å². The van der Waals surface area contributed by atoms with Crippen molar-refractivity contribution in [3.8, 4) is 5.75 Å². The van der Waals surface area contributed by atoms with E-state index in [1.165, 1.54) is 19.0 Å². The van der Waals surface area contributed by atoms with E-state index in [1.54, 1.807) is 0 Å². The summed E-state index contributed by atoms with van der Waals surface area (Å²) in [5, 5.41) is 3.43. The minimum atomic E-state index is 0.276. The summed E-state index contributed by atoms with van der Waals surface area (Å²) in [6.45, 7) is 2.02. The number of ether oxygens (including phenoxy) is 1. The summed E-state index contributed by atoms with van der Waals surface area (Å²) >= 11 is 9.42. The van der Waals surface area contributed by atoms with Crippen molar-refractivity contribution in [2.24, 2.45) is 0 Å². The quantitative estimate of drug-likeness (QED) is 0.867. The number of nitrogens with zero attached hydrogens (tertiary/aromatic N) is 2. The summed E-state index contributed by atoms with van der Waals surface area (Å²) in [6, 6.07) is 5.97. The van der Waals surface area contributed by atoms with Gasteiger partial charge in [-0.1, -0.05) is 17.7 Å². The van der Waals surface area contributed by atoms with Crippen molar-refractivity contribution >= 4 is 39.0 Å². The summed E-state index contributed by atoms with van der Waals surface area (Å²) in [7, 11) is 1.53. The van der Waals surface area contributed by atoms with Gasteiger partial charge >= 0.3 is 0 Å². The first-order valence-electron chi connectivity index (χ1n) is 5.19. The Morgan fingerprint density at radius 1 is 1.33 bits per heavy atom. The number of halogens is 2. The van der Waals surface area contributed by atoms with E-state index in [9.17, 15) is 0 Å². The van der Waals surface area contributed by atoms with Gasteiger partial charge in [0.15, 0.2) is 16.7 Å². The molecule has 2 rings (SSSR count). The molecule has 6 heteroatoms. The normalized spacial score (nSPS) is 10.2. The molecular weight excluding hydrogens is 318 g/mol. The van der Waals surface area contributed by atoms with Gasteiger partial charge < -0.3 is 10.1 Å². The van der Waals surface area contributed by atoms with E-state index in [0.29, 0.717) is 11.6 Å². The third kappa shape index (κ3) is 2.73. The second-order valence-corrected chi connectivity index (χ2v) is 4.87. The molecule has 0 saturated heterocycles. The standard InChI is InChI=1S/C12H11BrClN3O/c1-7-3-4-9(8(13)5-7)17-12-10(18-2)11(14)15-6-16-12/h3-6H,1-2H3,(H,15,16,17). The van der Waals surface area contributed by atoms with E-state index >= 15 is 0 Å². The lowest BCUT2D eigenvalue weighted by Crippen LogP contribution is -1.99. The maximum atomic E-state index is 5.93. The van der Waals surface area contributed by atoms with Crippen molar-refractivity contribution in [1.82, 2.24) is 9.97 Å². The van der Waals surface area contributed by atoms with Crippen LogP contribution in [0.15, 0.2) is 29.0 Å². The van der Waals surface area contributed by atoms with Gasteiger partial charge in [-0.25, -0.2) is 9.97 Å². The fourth-order valence-corrected chi connectivity index (χ4v) is 2.27. The molecule has 94 valence electrons. The molecule has 0 saturated carbocycles. The molecular formula is C12H11BrClN3O. The first-order chi connectivity index (χ1) is 8.61. The molecule has 0 spiro atoms. The summed E-state index contributed by atoms with van der Waals surface area (Å²) < 4.78 is 6.12. The predicted octanol–water partition coefficient (Wildman–Crippen LogP) is 3.95.